The Morgan fingerprint density at radius 3 is 2.36 bits per heavy atom. The van der Waals surface area contributed by atoms with Crippen LogP contribution in [0.2, 0.25) is 0 Å². The van der Waals surface area contributed by atoms with Crippen molar-refractivity contribution in [3.05, 3.63) is 0 Å². The van der Waals surface area contributed by atoms with E-state index in [1.54, 1.807) is 0 Å². The van der Waals surface area contributed by atoms with Gasteiger partial charge in [-0.3, -0.25) is 4.55 Å². The second-order valence-electron chi connectivity index (χ2n) is 4.36. The van der Waals surface area contributed by atoms with Gasteiger partial charge in [-0.25, -0.2) is 8.93 Å². The van der Waals surface area contributed by atoms with Crippen molar-refractivity contribution in [1.29, 1.82) is 0 Å². The predicted molar refractivity (Wildman–Crippen MR) is 61.2 cm³/mol. The zero-order valence-electron chi connectivity index (χ0n) is 9.45. The van der Waals surface area contributed by atoms with Crippen LogP contribution in [0.4, 0.5) is 0 Å². The molecular weight excluding hydrogens is 198 g/mol. The fraction of sp³-hybridized carbons (Fsp3) is 1.00. The van der Waals surface area contributed by atoms with Gasteiger partial charge in [-0.2, -0.15) is 0 Å². The molecule has 0 spiro atoms. The molecule has 0 rings (SSSR count). The first-order valence-corrected chi connectivity index (χ1v) is 6.47. The minimum absolute atomic E-state index is 0.631. The molecule has 86 valence electrons. The Bertz CT molecular complexity index is 162. The van der Waals surface area contributed by atoms with Gasteiger partial charge in [0.05, 0.1) is 0 Å². The lowest BCUT2D eigenvalue weighted by Crippen LogP contribution is -2.19. The van der Waals surface area contributed by atoms with Crippen LogP contribution in [0.25, 0.3) is 0 Å². The van der Waals surface area contributed by atoms with Crippen molar-refractivity contribution in [2.75, 3.05) is 6.54 Å². The van der Waals surface area contributed by atoms with Gasteiger partial charge in [-0.1, -0.05) is 40.0 Å². The minimum atomic E-state index is -1.85. The van der Waals surface area contributed by atoms with E-state index in [1.165, 1.54) is 19.3 Å². The van der Waals surface area contributed by atoms with Gasteiger partial charge in [-0.05, 0) is 18.3 Å². The van der Waals surface area contributed by atoms with Gasteiger partial charge < -0.3 is 0 Å². The Kier molecular flexibility index (Phi) is 8.43. The van der Waals surface area contributed by atoms with Crippen LogP contribution in [0, 0.1) is 11.8 Å². The smallest absolute Gasteiger partial charge is 0.231 e. The molecule has 2 atom stereocenters. The maximum absolute atomic E-state index is 10.3. The number of rotatable bonds is 8. The topological polar surface area (TPSA) is 49.3 Å². The molecule has 0 aliphatic rings. The average molecular weight is 221 g/mol. The lowest BCUT2D eigenvalue weighted by molar-refractivity contribution is 0.434. The van der Waals surface area contributed by atoms with Gasteiger partial charge >= 0.3 is 0 Å². The van der Waals surface area contributed by atoms with Crippen molar-refractivity contribution < 1.29 is 8.76 Å². The first kappa shape index (κ1) is 14.1. The molecular formula is C10H23NO2S. The highest BCUT2D eigenvalue weighted by atomic mass is 32.2. The van der Waals surface area contributed by atoms with Crippen LogP contribution in [0.3, 0.4) is 0 Å². The Balaban J connectivity index is 3.27. The maximum atomic E-state index is 10.3. The van der Waals surface area contributed by atoms with E-state index in [-0.39, 0.29) is 0 Å². The Hall–Kier alpha value is 0.0700. The van der Waals surface area contributed by atoms with Crippen LogP contribution >= 0.6 is 0 Å². The third kappa shape index (κ3) is 10.2. The number of hydrogen-bond donors (Lipinski definition) is 2. The minimum Gasteiger partial charge on any atom is -0.294 e. The molecule has 0 saturated carbocycles. The summed E-state index contributed by atoms with van der Waals surface area (Å²) in [6, 6.07) is 0. The first-order valence-electron chi connectivity index (χ1n) is 5.36. The molecule has 0 aliphatic heterocycles. The van der Waals surface area contributed by atoms with E-state index in [9.17, 15) is 4.21 Å². The predicted octanol–water partition coefficient (Wildman–Crippen LogP) is 2.57. The SMILES string of the molecule is CC(C)CCCC(C)CCNS(=O)O. The molecule has 3 nitrogen and oxygen atoms in total. The summed E-state index contributed by atoms with van der Waals surface area (Å²) >= 11 is -1.85. The van der Waals surface area contributed by atoms with Crippen LogP contribution in [-0.4, -0.2) is 15.3 Å². The van der Waals surface area contributed by atoms with Crippen molar-refractivity contribution in [1.82, 2.24) is 4.72 Å². The molecule has 0 heterocycles. The molecule has 0 aliphatic carbocycles. The normalized spacial score (nSPS) is 15.8. The van der Waals surface area contributed by atoms with Crippen molar-refractivity contribution in [2.45, 2.75) is 46.5 Å². The van der Waals surface area contributed by atoms with Crippen molar-refractivity contribution in [2.24, 2.45) is 11.8 Å². The highest BCUT2D eigenvalue weighted by molar-refractivity contribution is 7.77. The summed E-state index contributed by atoms with van der Waals surface area (Å²) < 4.78 is 21.3. The molecule has 2 unspecified atom stereocenters. The van der Waals surface area contributed by atoms with Crippen LogP contribution in [0.1, 0.15) is 46.5 Å². The maximum Gasteiger partial charge on any atom is 0.231 e. The monoisotopic (exact) mass is 221 g/mol. The van der Waals surface area contributed by atoms with Crippen molar-refractivity contribution >= 4 is 11.3 Å². The lowest BCUT2D eigenvalue weighted by atomic mass is 9.97. The molecule has 4 heteroatoms. The van der Waals surface area contributed by atoms with E-state index in [0.29, 0.717) is 12.5 Å². The molecule has 0 saturated heterocycles. The Morgan fingerprint density at radius 1 is 1.21 bits per heavy atom. The summed E-state index contributed by atoms with van der Waals surface area (Å²) in [5.41, 5.74) is 0. The highest BCUT2D eigenvalue weighted by Crippen LogP contribution is 2.14. The van der Waals surface area contributed by atoms with Crippen molar-refractivity contribution in [3.63, 3.8) is 0 Å². The summed E-state index contributed by atoms with van der Waals surface area (Å²) in [6.45, 7) is 7.30. The average Bonchev–Trinajstić information content (AvgIpc) is 2.02. The van der Waals surface area contributed by atoms with Crippen LogP contribution in [0.5, 0.6) is 0 Å². The molecule has 0 aromatic rings. The van der Waals surface area contributed by atoms with E-state index in [0.717, 1.165) is 12.3 Å². The van der Waals surface area contributed by atoms with Gasteiger partial charge in [-0.15, -0.1) is 0 Å². The third-order valence-electron chi connectivity index (χ3n) is 2.34. The zero-order chi connectivity index (χ0) is 11.0. The van der Waals surface area contributed by atoms with Crippen molar-refractivity contribution in [3.8, 4) is 0 Å². The van der Waals surface area contributed by atoms with Crippen LogP contribution in [-0.2, 0) is 11.3 Å². The van der Waals surface area contributed by atoms with Gasteiger partial charge in [0.2, 0.25) is 11.3 Å². The number of hydrogen-bond acceptors (Lipinski definition) is 1. The second kappa shape index (κ2) is 8.38. The summed E-state index contributed by atoms with van der Waals surface area (Å²) in [6.07, 6.45) is 4.74. The summed E-state index contributed by atoms with van der Waals surface area (Å²) in [5, 5.41) is 0. The first-order chi connectivity index (χ1) is 6.52. The fourth-order valence-corrected chi connectivity index (χ4v) is 1.70. The van der Waals surface area contributed by atoms with E-state index in [1.807, 2.05) is 0 Å². The zero-order valence-corrected chi connectivity index (χ0v) is 10.3. The van der Waals surface area contributed by atoms with Crippen LogP contribution in [0.15, 0.2) is 0 Å². The molecule has 0 bridgehead atoms. The largest absolute Gasteiger partial charge is 0.294 e. The highest BCUT2D eigenvalue weighted by Gasteiger charge is 2.03. The molecule has 0 aromatic heterocycles. The number of nitrogens with one attached hydrogen (secondary N) is 1. The molecule has 0 fully saturated rings. The van der Waals surface area contributed by atoms with E-state index in [4.69, 9.17) is 4.55 Å². The van der Waals surface area contributed by atoms with Gasteiger partial charge in [0.15, 0.2) is 0 Å². The summed E-state index contributed by atoms with van der Waals surface area (Å²) in [7, 11) is 0. The van der Waals surface area contributed by atoms with Gasteiger partial charge in [0.25, 0.3) is 0 Å². The summed E-state index contributed by atoms with van der Waals surface area (Å²) in [4.78, 5) is 0. The van der Waals surface area contributed by atoms with E-state index in [2.05, 4.69) is 25.5 Å². The van der Waals surface area contributed by atoms with Crippen LogP contribution < -0.4 is 4.72 Å². The molecule has 14 heavy (non-hydrogen) atoms. The van der Waals surface area contributed by atoms with E-state index >= 15 is 0 Å². The Morgan fingerprint density at radius 2 is 1.86 bits per heavy atom. The molecule has 2 N–H and O–H groups in total. The molecule has 0 radical (unpaired) electrons. The third-order valence-corrected chi connectivity index (χ3v) is 2.79. The lowest BCUT2D eigenvalue weighted by Gasteiger charge is -2.11. The second-order valence-corrected chi connectivity index (χ2v) is 5.15. The fourth-order valence-electron chi connectivity index (χ4n) is 1.41. The van der Waals surface area contributed by atoms with E-state index < -0.39 is 11.3 Å². The summed E-state index contributed by atoms with van der Waals surface area (Å²) in [5.74, 6) is 1.43. The molecule has 0 amide bonds. The standard InChI is InChI=1S/C10H23NO2S/c1-9(2)5-4-6-10(3)7-8-11-14(12)13/h9-11H,4-8H2,1-3H3,(H,12,13). The molecule has 0 aromatic carbocycles. The Labute approximate surface area is 90.1 Å². The quantitative estimate of drug-likeness (QED) is 0.619. The van der Waals surface area contributed by atoms with Gasteiger partial charge in [0.1, 0.15) is 0 Å². The van der Waals surface area contributed by atoms with Gasteiger partial charge in [0, 0.05) is 6.54 Å².